The van der Waals surface area contributed by atoms with Crippen LogP contribution in [0.4, 0.5) is 0 Å². The second-order valence-corrected chi connectivity index (χ2v) is 6.87. The number of ether oxygens (including phenoxy) is 1. The van der Waals surface area contributed by atoms with Crippen LogP contribution in [0.2, 0.25) is 0 Å². The van der Waals surface area contributed by atoms with E-state index in [2.05, 4.69) is 29.6 Å². The van der Waals surface area contributed by atoms with E-state index in [0.717, 1.165) is 25.7 Å². The molecule has 4 heteroatoms. The Labute approximate surface area is 149 Å². The first-order chi connectivity index (χ1) is 12.1. The van der Waals surface area contributed by atoms with Gasteiger partial charge in [0.15, 0.2) is 0 Å². The fourth-order valence-electron chi connectivity index (χ4n) is 3.73. The molecule has 0 aliphatic heterocycles. The predicted molar refractivity (Wildman–Crippen MR) is 99.9 cm³/mol. The Morgan fingerprint density at radius 2 is 1.76 bits per heavy atom. The van der Waals surface area contributed by atoms with Crippen LogP contribution in [0.15, 0.2) is 54.6 Å². The molecule has 0 heterocycles. The van der Waals surface area contributed by atoms with E-state index in [1.165, 1.54) is 5.56 Å². The quantitative estimate of drug-likeness (QED) is 0.879. The Bertz CT molecular complexity index is 707. The first-order valence-corrected chi connectivity index (χ1v) is 8.87. The SMILES string of the molecule is COc1ccccc1C(=O)NC[C@]1(c2ccccc2)CC[C@@H](N)CC1. The summed E-state index contributed by atoms with van der Waals surface area (Å²) in [7, 11) is 1.58. The number of rotatable bonds is 5. The van der Waals surface area contributed by atoms with E-state index in [0.29, 0.717) is 17.9 Å². The van der Waals surface area contributed by atoms with Gasteiger partial charge in [-0.15, -0.1) is 0 Å². The number of nitrogens with two attached hydrogens (primary N) is 1. The highest BCUT2D eigenvalue weighted by Crippen LogP contribution is 2.38. The molecule has 2 aromatic rings. The number of carbonyl (C=O) groups is 1. The molecule has 1 fully saturated rings. The van der Waals surface area contributed by atoms with Crippen molar-refractivity contribution >= 4 is 5.91 Å². The first-order valence-electron chi connectivity index (χ1n) is 8.87. The Balaban J connectivity index is 1.78. The summed E-state index contributed by atoms with van der Waals surface area (Å²) in [5.74, 6) is 0.502. The van der Waals surface area contributed by atoms with Crippen molar-refractivity contribution in [3.8, 4) is 5.75 Å². The lowest BCUT2D eigenvalue weighted by atomic mass is 9.68. The van der Waals surface area contributed by atoms with E-state index >= 15 is 0 Å². The van der Waals surface area contributed by atoms with E-state index in [-0.39, 0.29) is 17.4 Å². The summed E-state index contributed by atoms with van der Waals surface area (Å²) in [6.45, 7) is 0.612. The monoisotopic (exact) mass is 338 g/mol. The average molecular weight is 338 g/mol. The standard InChI is InChI=1S/C21H26N2O2/c1-25-19-10-6-5-9-18(19)20(24)23-15-21(13-11-17(22)12-14-21)16-7-3-2-4-8-16/h2-10,17H,11-15,22H2,1H3,(H,23,24)/t17-,21+. The number of carbonyl (C=O) groups excluding carboxylic acids is 1. The molecule has 0 atom stereocenters. The molecule has 1 saturated carbocycles. The third-order valence-corrected chi connectivity index (χ3v) is 5.31. The highest BCUT2D eigenvalue weighted by Gasteiger charge is 2.36. The van der Waals surface area contributed by atoms with Gasteiger partial charge in [-0.1, -0.05) is 42.5 Å². The Morgan fingerprint density at radius 3 is 2.44 bits per heavy atom. The summed E-state index contributed by atoms with van der Waals surface area (Å²) in [6, 6.07) is 18.1. The van der Waals surface area contributed by atoms with Crippen LogP contribution in [0.3, 0.4) is 0 Å². The van der Waals surface area contributed by atoms with Gasteiger partial charge < -0.3 is 15.8 Å². The maximum absolute atomic E-state index is 12.7. The van der Waals surface area contributed by atoms with Crippen LogP contribution in [0.25, 0.3) is 0 Å². The lowest BCUT2D eigenvalue weighted by Crippen LogP contribution is -2.45. The van der Waals surface area contributed by atoms with E-state index in [1.54, 1.807) is 13.2 Å². The summed E-state index contributed by atoms with van der Waals surface area (Å²) < 4.78 is 5.30. The lowest BCUT2D eigenvalue weighted by Gasteiger charge is -2.40. The normalized spacial score (nSPS) is 23.0. The molecule has 1 amide bonds. The molecular weight excluding hydrogens is 312 g/mol. The van der Waals surface area contributed by atoms with E-state index in [4.69, 9.17) is 10.5 Å². The Hall–Kier alpha value is -2.33. The van der Waals surface area contributed by atoms with Gasteiger partial charge in [-0.25, -0.2) is 0 Å². The molecule has 0 aromatic heterocycles. The zero-order valence-corrected chi connectivity index (χ0v) is 14.7. The highest BCUT2D eigenvalue weighted by molar-refractivity contribution is 5.96. The number of hydrogen-bond acceptors (Lipinski definition) is 3. The van der Waals surface area contributed by atoms with Crippen molar-refractivity contribution in [2.75, 3.05) is 13.7 Å². The van der Waals surface area contributed by atoms with Crippen LogP contribution in [0, 0.1) is 0 Å². The van der Waals surface area contributed by atoms with Crippen LogP contribution >= 0.6 is 0 Å². The van der Waals surface area contributed by atoms with Crippen LogP contribution in [0.1, 0.15) is 41.6 Å². The van der Waals surface area contributed by atoms with Gasteiger partial charge in [-0.05, 0) is 43.4 Å². The summed E-state index contributed by atoms with van der Waals surface area (Å²) >= 11 is 0. The van der Waals surface area contributed by atoms with E-state index < -0.39 is 0 Å². The Morgan fingerprint density at radius 1 is 1.12 bits per heavy atom. The number of para-hydroxylation sites is 1. The summed E-state index contributed by atoms with van der Waals surface area (Å²) in [5, 5.41) is 3.14. The molecule has 1 aliphatic carbocycles. The molecule has 0 radical (unpaired) electrons. The smallest absolute Gasteiger partial charge is 0.255 e. The van der Waals surface area contributed by atoms with Crippen molar-refractivity contribution in [2.45, 2.75) is 37.1 Å². The van der Waals surface area contributed by atoms with Gasteiger partial charge in [-0.3, -0.25) is 4.79 Å². The van der Waals surface area contributed by atoms with Gasteiger partial charge in [0.1, 0.15) is 5.75 Å². The van der Waals surface area contributed by atoms with Crippen LogP contribution in [0.5, 0.6) is 5.75 Å². The van der Waals surface area contributed by atoms with Crippen molar-refractivity contribution in [2.24, 2.45) is 5.73 Å². The molecule has 0 saturated heterocycles. The maximum Gasteiger partial charge on any atom is 0.255 e. The number of methoxy groups -OCH3 is 1. The van der Waals surface area contributed by atoms with Gasteiger partial charge in [0.2, 0.25) is 0 Å². The third kappa shape index (κ3) is 3.85. The first kappa shape index (κ1) is 17.5. The second kappa shape index (κ2) is 7.70. The topological polar surface area (TPSA) is 64.3 Å². The second-order valence-electron chi connectivity index (χ2n) is 6.87. The minimum Gasteiger partial charge on any atom is -0.496 e. The van der Waals surface area contributed by atoms with Gasteiger partial charge >= 0.3 is 0 Å². The lowest BCUT2D eigenvalue weighted by molar-refractivity contribution is 0.0932. The van der Waals surface area contributed by atoms with Crippen molar-refractivity contribution in [1.82, 2.24) is 5.32 Å². The van der Waals surface area contributed by atoms with Gasteiger partial charge in [0.25, 0.3) is 5.91 Å². The molecule has 132 valence electrons. The highest BCUT2D eigenvalue weighted by atomic mass is 16.5. The van der Waals surface area contributed by atoms with Crippen LogP contribution in [-0.4, -0.2) is 25.6 Å². The van der Waals surface area contributed by atoms with E-state index in [1.807, 2.05) is 24.3 Å². The molecule has 3 N–H and O–H groups in total. The van der Waals surface area contributed by atoms with Crippen molar-refractivity contribution < 1.29 is 9.53 Å². The van der Waals surface area contributed by atoms with Gasteiger partial charge in [0.05, 0.1) is 12.7 Å². The van der Waals surface area contributed by atoms with Gasteiger partial charge in [-0.2, -0.15) is 0 Å². The third-order valence-electron chi connectivity index (χ3n) is 5.31. The predicted octanol–water partition coefficient (Wildman–Crippen LogP) is 3.26. The molecule has 2 aromatic carbocycles. The molecule has 0 unspecified atom stereocenters. The number of benzene rings is 2. The summed E-state index contributed by atoms with van der Waals surface area (Å²) in [4.78, 5) is 12.7. The van der Waals surface area contributed by atoms with Gasteiger partial charge in [0, 0.05) is 18.0 Å². The minimum atomic E-state index is -0.0948. The maximum atomic E-state index is 12.7. The fourth-order valence-corrected chi connectivity index (χ4v) is 3.73. The molecule has 0 bridgehead atoms. The number of hydrogen-bond donors (Lipinski definition) is 2. The molecule has 1 aliphatic rings. The molecule has 0 spiro atoms. The van der Waals surface area contributed by atoms with Crippen molar-refractivity contribution in [3.63, 3.8) is 0 Å². The average Bonchev–Trinajstić information content (AvgIpc) is 2.68. The van der Waals surface area contributed by atoms with Crippen LogP contribution < -0.4 is 15.8 Å². The molecule has 25 heavy (non-hydrogen) atoms. The van der Waals surface area contributed by atoms with E-state index in [9.17, 15) is 4.79 Å². The fraction of sp³-hybridized carbons (Fsp3) is 0.381. The molecular formula is C21H26N2O2. The van der Waals surface area contributed by atoms with Crippen molar-refractivity contribution in [1.29, 1.82) is 0 Å². The zero-order chi connectivity index (χ0) is 17.7. The largest absolute Gasteiger partial charge is 0.496 e. The zero-order valence-electron chi connectivity index (χ0n) is 14.7. The number of amides is 1. The summed E-state index contributed by atoms with van der Waals surface area (Å²) in [6.07, 6.45) is 3.95. The minimum absolute atomic E-state index is 0.0468. The van der Waals surface area contributed by atoms with Crippen molar-refractivity contribution in [3.05, 3.63) is 65.7 Å². The number of nitrogens with one attached hydrogen (secondary N) is 1. The molecule has 3 rings (SSSR count). The molecule has 4 nitrogen and oxygen atoms in total. The van der Waals surface area contributed by atoms with Crippen LogP contribution in [-0.2, 0) is 5.41 Å². The summed E-state index contributed by atoms with van der Waals surface area (Å²) in [5.41, 5.74) is 7.92. The Kier molecular flexibility index (Phi) is 5.39.